The van der Waals surface area contributed by atoms with Crippen molar-refractivity contribution in [2.24, 2.45) is 0 Å². The van der Waals surface area contributed by atoms with Crippen molar-refractivity contribution >= 4 is 17.7 Å². The highest BCUT2D eigenvalue weighted by molar-refractivity contribution is 7.96. The molecule has 0 aliphatic heterocycles. The molecular weight excluding hydrogens is 148 g/mol. The highest BCUT2D eigenvalue weighted by atomic mass is 32.1. The van der Waals surface area contributed by atoms with Gasteiger partial charge in [-0.25, -0.2) is 0 Å². The Bertz CT molecular complexity index is 203. The summed E-state index contributed by atoms with van der Waals surface area (Å²) in [7, 11) is 0. The van der Waals surface area contributed by atoms with Gasteiger partial charge in [0, 0.05) is 12.8 Å². The molecule has 1 rings (SSSR count). The summed E-state index contributed by atoms with van der Waals surface area (Å²) < 4.78 is 5.00. The Balaban J connectivity index is 2.35. The van der Waals surface area contributed by atoms with Gasteiger partial charge in [-0.15, -0.1) is 12.6 Å². The molecule has 3 heteroatoms. The van der Waals surface area contributed by atoms with Gasteiger partial charge in [0.1, 0.15) is 5.76 Å². The summed E-state index contributed by atoms with van der Waals surface area (Å²) in [5, 5.41) is -0.101. The smallest absolute Gasteiger partial charge is 0.186 e. The molecule has 10 heavy (non-hydrogen) atoms. The van der Waals surface area contributed by atoms with E-state index in [1.807, 2.05) is 6.07 Å². The molecule has 0 amide bonds. The van der Waals surface area contributed by atoms with Crippen molar-refractivity contribution in [3.63, 3.8) is 0 Å². The molecule has 0 bridgehead atoms. The summed E-state index contributed by atoms with van der Waals surface area (Å²) in [6.45, 7) is 0. The molecule has 0 aromatic carbocycles. The monoisotopic (exact) mass is 156 g/mol. The Morgan fingerprint density at radius 1 is 1.70 bits per heavy atom. The van der Waals surface area contributed by atoms with Gasteiger partial charge >= 0.3 is 0 Å². The third-order valence-electron chi connectivity index (χ3n) is 1.17. The summed E-state index contributed by atoms with van der Waals surface area (Å²) in [6.07, 6.45) is 2.68. The summed E-state index contributed by atoms with van der Waals surface area (Å²) >= 11 is 3.63. The van der Waals surface area contributed by atoms with Crippen LogP contribution in [-0.2, 0) is 11.2 Å². The normalized spacial score (nSPS) is 9.70. The molecule has 0 atom stereocenters. The molecule has 1 aromatic rings. The maximum absolute atomic E-state index is 10.4. The van der Waals surface area contributed by atoms with Crippen molar-refractivity contribution in [1.82, 2.24) is 0 Å². The van der Waals surface area contributed by atoms with Crippen LogP contribution < -0.4 is 0 Å². The van der Waals surface area contributed by atoms with Crippen molar-refractivity contribution in [2.45, 2.75) is 12.8 Å². The van der Waals surface area contributed by atoms with E-state index in [9.17, 15) is 4.79 Å². The maximum atomic E-state index is 10.4. The molecule has 1 aromatic heterocycles. The van der Waals surface area contributed by atoms with E-state index in [4.69, 9.17) is 4.42 Å². The van der Waals surface area contributed by atoms with E-state index in [2.05, 4.69) is 12.6 Å². The van der Waals surface area contributed by atoms with Crippen LogP contribution in [0.2, 0.25) is 0 Å². The summed E-state index contributed by atoms with van der Waals surface area (Å²) in [6, 6.07) is 3.65. The SMILES string of the molecule is O=C(S)CCc1ccco1. The summed E-state index contributed by atoms with van der Waals surface area (Å²) in [5.41, 5.74) is 0. The molecule has 0 aliphatic carbocycles. The van der Waals surface area contributed by atoms with Crippen LogP contribution in [-0.4, -0.2) is 5.12 Å². The second-order valence-electron chi connectivity index (χ2n) is 1.97. The number of hydrogen-bond donors (Lipinski definition) is 1. The molecule has 0 N–H and O–H groups in total. The fourth-order valence-corrected chi connectivity index (χ4v) is 0.797. The molecule has 0 saturated carbocycles. The van der Waals surface area contributed by atoms with Crippen LogP contribution in [0.3, 0.4) is 0 Å². The zero-order valence-electron chi connectivity index (χ0n) is 5.41. The minimum absolute atomic E-state index is 0.101. The minimum Gasteiger partial charge on any atom is -0.469 e. The Labute approximate surface area is 64.6 Å². The number of aryl methyl sites for hydroxylation is 1. The number of hydrogen-bond acceptors (Lipinski definition) is 2. The molecule has 0 unspecified atom stereocenters. The molecular formula is C7H8O2S. The van der Waals surface area contributed by atoms with Crippen molar-refractivity contribution in [3.8, 4) is 0 Å². The number of thiol groups is 1. The molecule has 0 saturated heterocycles. The maximum Gasteiger partial charge on any atom is 0.186 e. The highest BCUT2D eigenvalue weighted by Crippen LogP contribution is 2.04. The van der Waals surface area contributed by atoms with Gasteiger partial charge < -0.3 is 4.42 Å². The zero-order valence-corrected chi connectivity index (χ0v) is 6.30. The van der Waals surface area contributed by atoms with Crippen LogP contribution in [0.5, 0.6) is 0 Å². The second kappa shape index (κ2) is 3.46. The zero-order chi connectivity index (χ0) is 7.40. The van der Waals surface area contributed by atoms with Gasteiger partial charge in [0.05, 0.1) is 6.26 Å². The van der Waals surface area contributed by atoms with Gasteiger partial charge in [0.15, 0.2) is 5.12 Å². The minimum atomic E-state index is -0.101. The first-order valence-electron chi connectivity index (χ1n) is 3.03. The lowest BCUT2D eigenvalue weighted by atomic mass is 10.3. The van der Waals surface area contributed by atoms with Gasteiger partial charge in [-0.1, -0.05) is 0 Å². The van der Waals surface area contributed by atoms with Crippen molar-refractivity contribution in [2.75, 3.05) is 0 Å². The van der Waals surface area contributed by atoms with Gasteiger partial charge in [-0.05, 0) is 12.1 Å². The quantitative estimate of drug-likeness (QED) is 0.675. The van der Waals surface area contributed by atoms with Crippen LogP contribution in [0, 0.1) is 0 Å². The standard InChI is InChI=1S/C7H8O2S/c8-7(10)4-3-6-2-1-5-9-6/h1-2,5H,3-4H2,(H,8,10). The molecule has 0 fully saturated rings. The van der Waals surface area contributed by atoms with Crippen LogP contribution >= 0.6 is 12.6 Å². The number of carbonyl (C=O) groups excluding carboxylic acids is 1. The largest absolute Gasteiger partial charge is 0.469 e. The molecule has 54 valence electrons. The fourth-order valence-electron chi connectivity index (χ4n) is 0.685. The lowest BCUT2D eigenvalue weighted by Gasteiger charge is -1.89. The first kappa shape index (κ1) is 7.41. The average molecular weight is 156 g/mol. The predicted octanol–water partition coefficient (Wildman–Crippen LogP) is 1.67. The van der Waals surface area contributed by atoms with Crippen molar-refractivity contribution < 1.29 is 9.21 Å². The molecule has 1 heterocycles. The van der Waals surface area contributed by atoms with E-state index < -0.39 is 0 Å². The van der Waals surface area contributed by atoms with Crippen LogP contribution in [0.25, 0.3) is 0 Å². The number of rotatable bonds is 3. The van der Waals surface area contributed by atoms with E-state index in [1.54, 1.807) is 12.3 Å². The number of furan rings is 1. The summed E-state index contributed by atoms with van der Waals surface area (Å²) in [5.74, 6) is 0.836. The molecule has 0 spiro atoms. The molecule has 0 radical (unpaired) electrons. The highest BCUT2D eigenvalue weighted by Gasteiger charge is 1.97. The third-order valence-corrected chi connectivity index (χ3v) is 1.39. The van der Waals surface area contributed by atoms with Gasteiger partial charge in [-0.3, -0.25) is 4.79 Å². The van der Waals surface area contributed by atoms with Gasteiger partial charge in [0.25, 0.3) is 0 Å². The van der Waals surface area contributed by atoms with E-state index >= 15 is 0 Å². The molecule has 2 nitrogen and oxygen atoms in total. The van der Waals surface area contributed by atoms with Crippen molar-refractivity contribution in [3.05, 3.63) is 24.2 Å². The fraction of sp³-hybridized carbons (Fsp3) is 0.286. The Kier molecular flexibility index (Phi) is 2.57. The van der Waals surface area contributed by atoms with Crippen LogP contribution in [0.1, 0.15) is 12.2 Å². The Hall–Kier alpha value is -0.700. The number of carbonyl (C=O) groups is 1. The van der Waals surface area contributed by atoms with Gasteiger partial charge in [0.2, 0.25) is 0 Å². The van der Waals surface area contributed by atoms with Crippen LogP contribution in [0.4, 0.5) is 0 Å². The van der Waals surface area contributed by atoms with Crippen molar-refractivity contribution in [1.29, 1.82) is 0 Å². The Morgan fingerprint density at radius 3 is 3.00 bits per heavy atom. The summed E-state index contributed by atoms with van der Waals surface area (Å²) in [4.78, 5) is 10.4. The first-order valence-corrected chi connectivity index (χ1v) is 3.48. The topological polar surface area (TPSA) is 30.2 Å². The lowest BCUT2D eigenvalue weighted by Crippen LogP contribution is -1.88. The first-order chi connectivity index (χ1) is 4.79. The van der Waals surface area contributed by atoms with E-state index in [0.29, 0.717) is 12.8 Å². The molecule has 0 aliphatic rings. The lowest BCUT2D eigenvalue weighted by molar-refractivity contribution is -0.110. The second-order valence-corrected chi connectivity index (χ2v) is 2.47. The van der Waals surface area contributed by atoms with Gasteiger partial charge in [-0.2, -0.15) is 0 Å². The van der Waals surface area contributed by atoms with E-state index in [0.717, 1.165) is 5.76 Å². The van der Waals surface area contributed by atoms with E-state index in [1.165, 1.54) is 0 Å². The third kappa shape index (κ3) is 2.27. The Morgan fingerprint density at radius 2 is 2.50 bits per heavy atom. The predicted molar refractivity (Wildman–Crippen MR) is 41.0 cm³/mol. The van der Waals surface area contributed by atoms with E-state index in [-0.39, 0.29) is 5.12 Å². The van der Waals surface area contributed by atoms with Crippen LogP contribution in [0.15, 0.2) is 22.8 Å². The average Bonchev–Trinajstić information content (AvgIpc) is 2.34.